The van der Waals surface area contributed by atoms with Gasteiger partial charge >= 0.3 is 0 Å². The molecule has 0 aliphatic carbocycles. The van der Waals surface area contributed by atoms with Crippen molar-refractivity contribution in [2.24, 2.45) is 0 Å². The second-order valence-corrected chi connectivity index (χ2v) is 3.79. The van der Waals surface area contributed by atoms with Crippen molar-refractivity contribution in [3.63, 3.8) is 0 Å². The molecule has 0 aromatic heterocycles. The van der Waals surface area contributed by atoms with Crippen molar-refractivity contribution in [2.45, 2.75) is 19.9 Å². The van der Waals surface area contributed by atoms with Crippen molar-refractivity contribution < 1.29 is 9.53 Å². The lowest BCUT2D eigenvalue weighted by Gasteiger charge is -2.10. The van der Waals surface area contributed by atoms with Gasteiger partial charge in [0.05, 0.1) is 0 Å². The van der Waals surface area contributed by atoms with E-state index in [9.17, 15) is 4.79 Å². The van der Waals surface area contributed by atoms with Crippen LogP contribution in [-0.4, -0.2) is 26.2 Å². The smallest absolute Gasteiger partial charge is 0.250 e. The lowest BCUT2D eigenvalue weighted by Crippen LogP contribution is -2.20. The Bertz CT molecular complexity index is 353. The Morgan fingerprint density at radius 1 is 1.35 bits per heavy atom. The SMILES string of the molecule is CCCOCC(=O)Nc1ccccc1CNC. The van der Waals surface area contributed by atoms with E-state index in [2.05, 4.69) is 10.6 Å². The van der Waals surface area contributed by atoms with Crippen LogP contribution in [0.5, 0.6) is 0 Å². The largest absolute Gasteiger partial charge is 0.372 e. The van der Waals surface area contributed by atoms with E-state index in [1.165, 1.54) is 0 Å². The molecule has 0 saturated heterocycles. The number of amides is 1. The van der Waals surface area contributed by atoms with Crippen LogP contribution in [0.15, 0.2) is 24.3 Å². The average Bonchev–Trinajstić information content (AvgIpc) is 2.32. The van der Waals surface area contributed by atoms with Crippen LogP contribution in [0.4, 0.5) is 5.69 Å². The van der Waals surface area contributed by atoms with E-state index in [1.807, 2.05) is 38.2 Å². The molecule has 0 aliphatic heterocycles. The van der Waals surface area contributed by atoms with Gasteiger partial charge in [0.2, 0.25) is 5.91 Å². The molecule has 0 aliphatic rings. The van der Waals surface area contributed by atoms with Crippen LogP contribution < -0.4 is 10.6 Å². The summed E-state index contributed by atoms with van der Waals surface area (Å²) in [6, 6.07) is 7.74. The highest BCUT2D eigenvalue weighted by atomic mass is 16.5. The highest BCUT2D eigenvalue weighted by Gasteiger charge is 2.05. The molecule has 1 amide bonds. The Morgan fingerprint density at radius 3 is 2.82 bits per heavy atom. The maximum absolute atomic E-state index is 11.6. The summed E-state index contributed by atoms with van der Waals surface area (Å²) >= 11 is 0. The molecular weight excluding hydrogens is 216 g/mol. The van der Waals surface area contributed by atoms with E-state index in [0.29, 0.717) is 6.61 Å². The van der Waals surface area contributed by atoms with Crippen molar-refractivity contribution in [1.82, 2.24) is 5.32 Å². The Balaban J connectivity index is 2.52. The Hall–Kier alpha value is -1.39. The minimum absolute atomic E-state index is 0.109. The van der Waals surface area contributed by atoms with Crippen molar-refractivity contribution in [3.05, 3.63) is 29.8 Å². The normalized spacial score (nSPS) is 10.2. The lowest BCUT2D eigenvalue weighted by molar-refractivity contribution is -0.120. The highest BCUT2D eigenvalue weighted by Crippen LogP contribution is 2.14. The molecule has 1 aromatic carbocycles. The first-order valence-corrected chi connectivity index (χ1v) is 5.88. The van der Waals surface area contributed by atoms with Gasteiger partial charge in [-0.25, -0.2) is 0 Å². The molecule has 0 bridgehead atoms. The molecule has 0 atom stereocenters. The van der Waals surface area contributed by atoms with Crippen LogP contribution in [0.1, 0.15) is 18.9 Å². The molecule has 17 heavy (non-hydrogen) atoms. The van der Waals surface area contributed by atoms with Gasteiger partial charge in [0.1, 0.15) is 6.61 Å². The van der Waals surface area contributed by atoms with Crippen LogP contribution in [-0.2, 0) is 16.1 Å². The number of benzene rings is 1. The highest BCUT2D eigenvalue weighted by molar-refractivity contribution is 5.92. The lowest BCUT2D eigenvalue weighted by atomic mass is 10.2. The average molecular weight is 236 g/mol. The molecule has 0 unspecified atom stereocenters. The van der Waals surface area contributed by atoms with E-state index in [1.54, 1.807) is 0 Å². The number of para-hydroxylation sites is 1. The third-order valence-corrected chi connectivity index (χ3v) is 2.24. The van der Waals surface area contributed by atoms with Crippen molar-refractivity contribution in [3.8, 4) is 0 Å². The molecule has 0 heterocycles. The van der Waals surface area contributed by atoms with E-state index in [4.69, 9.17) is 4.74 Å². The molecule has 4 nitrogen and oxygen atoms in total. The van der Waals surface area contributed by atoms with Gasteiger partial charge in [0, 0.05) is 18.8 Å². The summed E-state index contributed by atoms with van der Waals surface area (Å²) < 4.78 is 5.19. The van der Waals surface area contributed by atoms with Crippen LogP contribution in [0.2, 0.25) is 0 Å². The first-order valence-electron chi connectivity index (χ1n) is 5.88. The second kappa shape index (κ2) is 7.81. The molecule has 0 radical (unpaired) electrons. The first-order chi connectivity index (χ1) is 8.27. The fraction of sp³-hybridized carbons (Fsp3) is 0.462. The van der Waals surface area contributed by atoms with Gasteiger partial charge in [0.25, 0.3) is 0 Å². The number of hydrogen-bond acceptors (Lipinski definition) is 3. The van der Waals surface area contributed by atoms with Crippen molar-refractivity contribution in [2.75, 3.05) is 25.6 Å². The van der Waals surface area contributed by atoms with Gasteiger partial charge < -0.3 is 15.4 Å². The summed E-state index contributed by atoms with van der Waals surface area (Å²) in [5, 5.41) is 5.92. The van der Waals surface area contributed by atoms with Crippen LogP contribution in [0.3, 0.4) is 0 Å². The molecule has 1 rings (SSSR count). The Morgan fingerprint density at radius 2 is 2.12 bits per heavy atom. The van der Waals surface area contributed by atoms with Crippen LogP contribution in [0, 0.1) is 0 Å². The maximum Gasteiger partial charge on any atom is 0.250 e. The number of nitrogens with one attached hydrogen (secondary N) is 2. The van der Waals surface area contributed by atoms with Gasteiger partial charge in [-0.05, 0) is 25.1 Å². The summed E-state index contributed by atoms with van der Waals surface area (Å²) in [5.74, 6) is -0.109. The van der Waals surface area contributed by atoms with E-state index in [0.717, 1.165) is 24.2 Å². The van der Waals surface area contributed by atoms with Crippen LogP contribution >= 0.6 is 0 Å². The molecule has 94 valence electrons. The van der Waals surface area contributed by atoms with Gasteiger partial charge in [-0.3, -0.25) is 4.79 Å². The molecule has 0 saturated carbocycles. The monoisotopic (exact) mass is 236 g/mol. The van der Waals surface area contributed by atoms with E-state index >= 15 is 0 Å². The fourth-order valence-electron chi connectivity index (χ4n) is 1.48. The van der Waals surface area contributed by atoms with Gasteiger partial charge in [-0.2, -0.15) is 0 Å². The fourth-order valence-corrected chi connectivity index (χ4v) is 1.48. The Labute approximate surface area is 102 Å². The molecule has 2 N–H and O–H groups in total. The zero-order valence-electron chi connectivity index (χ0n) is 10.5. The predicted molar refractivity (Wildman–Crippen MR) is 68.9 cm³/mol. The van der Waals surface area contributed by atoms with Gasteiger partial charge in [-0.15, -0.1) is 0 Å². The summed E-state index contributed by atoms with van der Waals surface area (Å²) in [6.45, 7) is 3.47. The first kappa shape index (κ1) is 13.7. The third-order valence-electron chi connectivity index (χ3n) is 2.24. The topological polar surface area (TPSA) is 50.4 Å². The summed E-state index contributed by atoms with van der Waals surface area (Å²) in [5.41, 5.74) is 1.91. The predicted octanol–water partition coefficient (Wildman–Crippen LogP) is 1.77. The summed E-state index contributed by atoms with van der Waals surface area (Å²) in [6.07, 6.45) is 0.920. The van der Waals surface area contributed by atoms with Crippen LogP contribution in [0.25, 0.3) is 0 Å². The number of ether oxygens (including phenoxy) is 1. The number of carbonyl (C=O) groups excluding carboxylic acids is 1. The minimum Gasteiger partial charge on any atom is -0.372 e. The van der Waals surface area contributed by atoms with Crippen molar-refractivity contribution in [1.29, 1.82) is 0 Å². The maximum atomic E-state index is 11.6. The standard InChI is InChI=1S/C13H20N2O2/c1-3-8-17-10-13(16)15-12-7-5-4-6-11(12)9-14-2/h4-7,14H,3,8-10H2,1-2H3,(H,15,16). The van der Waals surface area contributed by atoms with E-state index in [-0.39, 0.29) is 12.5 Å². The van der Waals surface area contributed by atoms with E-state index < -0.39 is 0 Å². The number of hydrogen-bond donors (Lipinski definition) is 2. The van der Waals surface area contributed by atoms with Gasteiger partial charge in [-0.1, -0.05) is 25.1 Å². The summed E-state index contributed by atoms with van der Waals surface area (Å²) in [4.78, 5) is 11.6. The quantitative estimate of drug-likeness (QED) is 0.709. The summed E-state index contributed by atoms with van der Waals surface area (Å²) in [7, 11) is 1.88. The number of carbonyl (C=O) groups is 1. The second-order valence-electron chi connectivity index (χ2n) is 3.79. The molecule has 0 spiro atoms. The number of anilines is 1. The third kappa shape index (κ3) is 4.97. The minimum atomic E-state index is -0.109. The Kier molecular flexibility index (Phi) is 6.29. The number of rotatable bonds is 7. The zero-order valence-corrected chi connectivity index (χ0v) is 10.5. The molecule has 1 aromatic rings. The molecular formula is C13H20N2O2. The zero-order chi connectivity index (χ0) is 12.5. The molecule has 0 fully saturated rings. The molecule has 4 heteroatoms. The van der Waals surface area contributed by atoms with Crippen molar-refractivity contribution >= 4 is 11.6 Å². The van der Waals surface area contributed by atoms with Gasteiger partial charge in [0.15, 0.2) is 0 Å².